The van der Waals surface area contributed by atoms with E-state index in [-0.39, 0.29) is 28.7 Å². The number of benzene rings is 2. The van der Waals surface area contributed by atoms with Crippen LogP contribution in [0.1, 0.15) is 22.5 Å². The topological polar surface area (TPSA) is 165 Å². The number of anilines is 3. The zero-order valence-corrected chi connectivity index (χ0v) is 22.4. The fraction of sp³-hybridized carbons (Fsp3) is 0.241. The molecule has 1 saturated heterocycles. The van der Waals surface area contributed by atoms with E-state index in [4.69, 9.17) is 25.6 Å². The van der Waals surface area contributed by atoms with Crippen LogP contribution in [0.5, 0.6) is 0 Å². The van der Waals surface area contributed by atoms with Gasteiger partial charge in [0.1, 0.15) is 17.0 Å². The number of amides is 1. The third kappa shape index (κ3) is 5.80. The summed E-state index contributed by atoms with van der Waals surface area (Å²) in [5.74, 6) is 0.211. The molecule has 11 nitrogen and oxygen atoms in total. The number of morpholine rings is 1. The highest BCUT2D eigenvalue weighted by Gasteiger charge is 2.24. The number of nitrogens with one attached hydrogen (secondary N) is 2. The molecule has 1 aliphatic rings. The first-order valence-corrected chi connectivity index (χ1v) is 12.9. The Morgan fingerprint density at radius 3 is 2.65 bits per heavy atom. The molecular weight excluding hydrogens is 510 g/mol. The van der Waals surface area contributed by atoms with Gasteiger partial charge in [-0.05, 0) is 50.2 Å². The molecule has 1 amide bonds. The van der Waals surface area contributed by atoms with Gasteiger partial charge in [0, 0.05) is 42.3 Å². The summed E-state index contributed by atoms with van der Waals surface area (Å²) in [6, 6.07) is 12.8. The van der Waals surface area contributed by atoms with Crippen LogP contribution in [0, 0.1) is 13.8 Å². The standard InChI is InChI=1S/C29H31N7O4/c1-17-5-10-22-21(16-17)18(2)27(40-22)26(24-25(30)29(38)35-34-28(24)31)33-20-8-6-19(7-9-20)32-23(37)4-3-11-36-12-14-39-15-13-36/h3-10,16H,11-15H2,1-2H3,(H,32,37)(H,35,38)(H4,30,31,34)/b4-3+,33-26?. The molecule has 4 aromatic rings. The average Bonchev–Trinajstić information content (AvgIpc) is 3.27. The molecule has 2 aromatic carbocycles. The van der Waals surface area contributed by atoms with E-state index in [0.29, 0.717) is 42.5 Å². The minimum absolute atomic E-state index is 0.0136. The minimum atomic E-state index is -0.582. The lowest BCUT2D eigenvalue weighted by Crippen LogP contribution is -2.36. The SMILES string of the molecule is Cc1ccc2oc(C(=Nc3ccc(NC(=O)/C=C/CN4CCOCC4)cc3)c3c(N)n[nH]c(=O)c3N)c(C)c2c1. The van der Waals surface area contributed by atoms with Crippen molar-refractivity contribution in [3.05, 3.63) is 87.4 Å². The molecule has 3 heterocycles. The van der Waals surface area contributed by atoms with Crippen LogP contribution in [-0.2, 0) is 9.53 Å². The number of H-pyrrole nitrogens is 1. The zero-order valence-electron chi connectivity index (χ0n) is 22.4. The molecule has 0 atom stereocenters. The van der Waals surface area contributed by atoms with E-state index < -0.39 is 5.56 Å². The van der Waals surface area contributed by atoms with Crippen molar-refractivity contribution < 1.29 is 13.9 Å². The Morgan fingerprint density at radius 2 is 1.90 bits per heavy atom. The normalized spacial score (nSPS) is 14.7. The first kappa shape index (κ1) is 26.9. The lowest BCUT2D eigenvalue weighted by atomic mass is 10.0. The van der Waals surface area contributed by atoms with E-state index in [2.05, 4.69) is 20.4 Å². The molecule has 0 unspecified atom stereocenters. The Labute approximate surface area is 230 Å². The summed E-state index contributed by atoms with van der Waals surface area (Å²) < 4.78 is 11.5. The van der Waals surface area contributed by atoms with Crippen LogP contribution in [-0.4, -0.2) is 59.6 Å². The van der Waals surface area contributed by atoms with Crippen molar-refractivity contribution in [3.8, 4) is 0 Å². The Bertz CT molecular complexity index is 1660. The molecule has 40 heavy (non-hydrogen) atoms. The number of carbonyl (C=O) groups excluding carboxylic acids is 1. The Hall–Kier alpha value is -4.74. The van der Waals surface area contributed by atoms with E-state index in [1.54, 1.807) is 24.3 Å². The molecule has 1 aliphatic heterocycles. The van der Waals surface area contributed by atoms with Crippen molar-refractivity contribution in [1.29, 1.82) is 0 Å². The fourth-order valence-electron chi connectivity index (χ4n) is 4.53. The molecule has 0 aliphatic carbocycles. The second kappa shape index (κ2) is 11.6. The van der Waals surface area contributed by atoms with Crippen molar-refractivity contribution in [2.45, 2.75) is 13.8 Å². The summed E-state index contributed by atoms with van der Waals surface area (Å²) in [6.07, 6.45) is 3.37. The molecule has 1 fully saturated rings. The van der Waals surface area contributed by atoms with Crippen LogP contribution >= 0.6 is 0 Å². The predicted octanol–water partition coefficient (Wildman–Crippen LogP) is 3.29. The summed E-state index contributed by atoms with van der Waals surface area (Å²) >= 11 is 0. The van der Waals surface area contributed by atoms with Crippen LogP contribution in [0.2, 0.25) is 0 Å². The minimum Gasteiger partial charge on any atom is -0.454 e. The quantitative estimate of drug-likeness (QED) is 0.204. The number of aromatic amines is 1. The van der Waals surface area contributed by atoms with Gasteiger partial charge in [0.15, 0.2) is 11.6 Å². The number of aromatic nitrogens is 2. The number of carbonyl (C=O) groups is 1. The van der Waals surface area contributed by atoms with Gasteiger partial charge >= 0.3 is 0 Å². The number of aliphatic imine (C=N–C) groups is 1. The van der Waals surface area contributed by atoms with E-state index in [9.17, 15) is 9.59 Å². The predicted molar refractivity (Wildman–Crippen MR) is 156 cm³/mol. The Morgan fingerprint density at radius 1 is 1.15 bits per heavy atom. The third-order valence-corrected chi connectivity index (χ3v) is 6.70. The number of fused-ring (bicyclic) bond motifs is 1. The Kier molecular flexibility index (Phi) is 7.76. The van der Waals surface area contributed by atoms with E-state index in [1.165, 1.54) is 6.08 Å². The number of hydrogen-bond donors (Lipinski definition) is 4. The van der Waals surface area contributed by atoms with Gasteiger partial charge in [0.25, 0.3) is 5.56 Å². The highest BCUT2D eigenvalue weighted by Crippen LogP contribution is 2.32. The van der Waals surface area contributed by atoms with Gasteiger partial charge in [-0.1, -0.05) is 17.7 Å². The second-order valence-corrected chi connectivity index (χ2v) is 9.59. The number of nitrogen functional groups attached to an aromatic ring is 2. The van der Waals surface area contributed by atoms with Gasteiger partial charge in [0.2, 0.25) is 5.91 Å². The monoisotopic (exact) mass is 541 g/mol. The van der Waals surface area contributed by atoms with Crippen molar-refractivity contribution >= 4 is 45.5 Å². The van der Waals surface area contributed by atoms with Gasteiger partial charge in [-0.25, -0.2) is 10.1 Å². The number of furan rings is 1. The molecule has 0 radical (unpaired) electrons. The lowest BCUT2D eigenvalue weighted by Gasteiger charge is -2.24. The molecule has 11 heteroatoms. The second-order valence-electron chi connectivity index (χ2n) is 9.59. The van der Waals surface area contributed by atoms with Crippen molar-refractivity contribution in [2.75, 3.05) is 49.6 Å². The number of ether oxygens (including phenoxy) is 1. The highest BCUT2D eigenvalue weighted by atomic mass is 16.5. The maximum Gasteiger partial charge on any atom is 0.288 e. The van der Waals surface area contributed by atoms with Crippen LogP contribution in [0.4, 0.5) is 22.9 Å². The molecule has 5 rings (SSSR count). The number of rotatable bonds is 7. The summed E-state index contributed by atoms with van der Waals surface area (Å²) in [4.78, 5) is 31.8. The maximum atomic E-state index is 12.4. The number of nitrogens with zero attached hydrogens (tertiary/aromatic N) is 3. The molecule has 206 valence electrons. The van der Waals surface area contributed by atoms with Crippen LogP contribution in [0.25, 0.3) is 11.0 Å². The van der Waals surface area contributed by atoms with E-state index >= 15 is 0 Å². The van der Waals surface area contributed by atoms with Crippen LogP contribution < -0.4 is 22.3 Å². The first-order chi connectivity index (χ1) is 19.3. The molecule has 0 saturated carbocycles. The highest BCUT2D eigenvalue weighted by molar-refractivity contribution is 6.19. The zero-order chi connectivity index (χ0) is 28.2. The smallest absolute Gasteiger partial charge is 0.288 e. The third-order valence-electron chi connectivity index (χ3n) is 6.70. The van der Waals surface area contributed by atoms with Gasteiger partial charge in [-0.3, -0.25) is 14.5 Å². The van der Waals surface area contributed by atoms with Gasteiger partial charge in [0.05, 0.1) is 24.5 Å². The summed E-state index contributed by atoms with van der Waals surface area (Å²) in [5.41, 5.74) is 15.8. The Balaban J connectivity index is 1.44. The number of hydrogen-bond acceptors (Lipinski definition) is 9. The van der Waals surface area contributed by atoms with Gasteiger partial charge in [-0.2, -0.15) is 5.10 Å². The largest absolute Gasteiger partial charge is 0.454 e. The molecule has 6 N–H and O–H groups in total. The van der Waals surface area contributed by atoms with E-state index in [1.807, 2.05) is 38.1 Å². The van der Waals surface area contributed by atoms with Crippen molar-refractivity contribution in [2.24, 2.45) is 4.99 Å². The summed E-state index contributed by atoms with van der Waals surface area (Å²) in [6.45, 7) is 7.73. The van der Waals surface area contributed by atoms with Crippen LogP contribution in [0.15, 0.2) is 68.8 Å². The molecule has 0 spiro atoms. The number of aryl methyl sites for hydroxylation is 2. The molecule has 2 aromatic heterocycles. The fourth-order valence-corrected chi connectivity index (χ4v) is 4.53. The average molecular weight is 542 g/mol. The summed E-state index contributed by atoms with van der Waals surface area (Å²) in [5, 5.41) is 9.96. The van der Waals surface area contributed by atoms with Gasteiger partial charge < -0.3 is 25.9 Å². The summed E-state index contributed by atoms with van der Waals surface area (Å²) in [7, 11) is 0. The van der Waals surface area contributed by atoms with Crippen molar-refractivity contribution in [3.63, 3.8) is 0 Å². The lowest BCUT2D eigenvalue weighted by molar-refractivity contribution is -0.111. The number of nitrogens with two attached hydrogens (primary N) is 2. The molecular formula is C29H31N7O4. The maximum absolute atomic E-state index is 12.4. The van der Waals surface area contributed by atoms with Crippen LogP contribution in [0.3, 0.4) is 0 Å². The first-order valence-electron chi connectivity index (χ1n) is 12.9. The van der Waals surface area contributed by atoms with E-state index in [0.717, 1.165) is 29.6 Å². The van der Waals surface area contributed by atoms with Crippen molar-refractivity contribution in [1.82, 2.24) is 15.1 Å². The van der Waals surface area contributed by atoms with Gasteiger partial charge in [-0.15, -0.1) is 0 Å². The molecule has 0 bridgehead atoms.